The topological polar surface area (TPSA) is 70.8 Å². The van der Waals surface area contributed by atoms with E-state index in [1.54, 1.807) is 36.3 Å². The maximum atomic E-state index is 13.5. The van der Waals surface area contributed by atoms with Crippen LogP contribution in [0.2, 0.25) is 0 Å². The Labute approximate surface area is 177 Å². The number of furan rings is 1. The lowest BCUT2D eigenvalue weighted by atomic mass is 10.0. The summed E-state index contributed by atoms with van der Waals surface area (Å²) in [6.45, 7) is 5.77. The van der Waals surface area contributed by atoms with E-state index in [2.05, 4.69) is 0 Å². The van der Waals surface area contributed by atoms with Gasteiger partial charge in [-0.25, -0.2) is 12.7 Å². The van der Waals surface area contributed by atoms with Crippen LogP contribution in [0.15, 0.2) is 64.1 Å². The lowest BCUT2D eigenvalue weighted by Crippen LogP contribution is -2.31. The highest BCUT2D eigenvalue weighted by Gasteiger charge is 2.26. The molecule has 1 heterocycles. The van der Waals surface area contributed by atoms with Crippen LogP contribution >= 0.6 is 0 Å². The van der Waals surface area contributed by atoms with Gasteiger partial charge in [-0.2, -0.15) is 0 Å². The molecule has 3 rings (SSSR count). The van der Waals surface area contributed by atoms with E-state index in [0.717, 1.165) is 15.4 Å². The van der Waals surface area contributed by atoms with Crippen molar-refractivity contribution in [2.45, 2.75) is 32.2 Å². The molecule has 0 saturated heterocycles. The fraction of sp³-hybridized carbons (Fsp3) is 0.261. The molecule has 0 N–H and O–H groups in total. The van der Waals surface area contributed by atoms with E-state index in [9.17, 15) is 13.2 Å². The number of amides is 1. The average Bonchev–Trinajstić information content (AvgIpc) is 3.21. The molecular formula is C23H26N2O4S. The molecule has 1 aromatic heterocycles. The van der Waals surface area contributed by atoms with E-state index in [4.69, 9.17) is 4.42 Å². The van der Waals surface area contributed by atoms with Gasteiger partial charge in [0.2, 0.25) is 10.0 Å². The van der Waals surface area contributed by atoms with Crippen molar-refractivity contribution in [1.29, 1.82) is 0 Å². The van der Waals surface area contributed by atoms with E-state index >= 15 is 0 Å². The summed E-state index contributed by atoms with van der Waals surface area (Å²) < 4.78 is 32.2. The van der Waals surface area contributed by atoms with Gasteiger partial charge in [0, 0.05) is 25.3 Å². The molecule has 3 aromatic rings. The summed E-state index contributed by atoms with van der Waals surface area (Å²) in [6, 6.07) is 14.4. The maximum absolute atomic E-state index is 13.5. The molecule has 30 heavy (non-hydrogen) atoms. The fourth-order valence-electron chi connectivity index (χ4n) is 3.13. The second-order valence-electron chi connectivity index (χ2n) is 7.51. The number of hydrogen-bond donors (Lipinski definition) is 0. The Hall–Kier alpha value is -2.90. The summed E-state index contributed by atoms with van der Waals surface area (Å²) >= 11 is 0. The molecule has 7 heteroatoms. The molecule has 0 spiro atoms. The number of carbonyl (C=O) groups excluding carboxylic acids is 1. The van der Waals surface area contributed by atoms with Crippen LogP contribution in [-0.4, -0.2) is 32.7 Å². The number of aryl methyl sites for hydroxylation is 2. The van der Waals surface area contributed by atoms with Crippen LogP contribution < -0.4 is 4.90 Å². The Morgan fingerprint density at radius 1 is 1.00 bits per heavy atom. The van der Waals surface area contributed by atoms with E-state index in [1.165, 1.54) is 20.2 Å². The van der Waals surface area contributed by atoms with Gasteiger partial charge in [0.15, 0.2) is 0 Å². The van der Waals surface area contributed by atoms with E-state index < -0.39 is 10.0 Å². The van der Waals surface area contributed by atoms with Crippen LogP contribution in [0.3, 0.4) is 0 Å². The molecule has 6 nitrogen and oxygen atoms in total. The minimum Gasteiger partial charge on any atom is -0.467 e. The first-order valence-corrected chi connectivity index (χ1v) is 11.0. The summed E-state index contributed by atoms with van der Waals surface area (Å²) in [5.74, 6) is 0.336. The van der Waals surface area contributed by atoms with Crippen LogP contribution in [-0.2, 0) is 16.6 Å². The number of carbonyl (C=O) groups is 1. The molecule has 0 saturated carbocycles. The van der Waals surface area contributed by atoms with Crippen LogP contribution in [0.1, 0.15) is 32.8 Å². The first-order chi connectivity index (χ1) is 14.1. The fourth-order valence-corrected chi connectivity index (χ4v) is 4.35. The molecule has 0 atom stereocenters. The van der Waals surface area contributed by atoms with Crippen LogP contribution in [0.25, 0.3) is 0 Å². The third-order valence-electron chi connectivity index (χ3n) is 5.11. The number of rotatable bonds is 6. The normalized spacial score (nSPS) is 11.7. The molecule has 2 aromatic carbocycles. The second kappa shape index (κ2) is 8.45. The molecule has 0 unspecified atom stereocenters. The Kier molecular flexibility index (Phi) is 6.14. The van der Waals surface area contributed by atoms with Crippen LogP contribution in [0.4, 0.5) is 5.69 Å². The maximum Gasteiger partial charge on any atom is 0.258 e. The van der Waals surface area contributed by atoms with E-state index in [1.807, 2.05) is 38.1 Å². The molecule has 0 radical (unpaired) electrons. The van der Waals surface area contributed by atoms with Crippen molar-refractivity contribution in [3.8, 4) is 0 Å². The molecular weight excluding hydrogens is 400 g/mol. The van der Waals surface area contributed by atoms with Gasteiger partial charge >= 0.3 is 0 Å². The summed E-state index contributed by atoms with van der Waals surface area (Å²) in [7, 11) is -0.727. The monoisotopic (exact) mass is 426 g/mol. The Morgan fingerprint density at radius 3 is 2.23 bits per heavy atom. The highest BCUT2D eigenvalue weighted by Crippen LogP contribution is 2.26. The van der Waals surface area contributed by atoms with Gasteiger partial charge in [0.25, 0.3) is 5.91 Å². The number of benzene rings is 2. The van der Waals surface area contributed by atoms with Gasteiger partial charge in [-0.1, -0.05) is 17.7 Å². The van der Waals surface area contributed by atoms with Crippen molar-refractivity contribution in [2.24, 2.45) is 0 Å². The Morgan fingerprint density at radius 2 is 1.67 bits per heavy atom. The predicted molar refractivity (Wildman–Crippen MR) is 117 cm³/mol. The summed E-state index contributed by atoms with van der Waals surface area (Å²) in [4.78, 5) is 15.3. The Balaban J connectivity index is 2.10. The lowest BCUT2D eigenvalue weighted by Gasteiger charge is -2.23. The predicted octanol–water partition coefficient (Wildman–Crippen LogP) is 4.30. The zero-order chi connectivity index (χ0) is 22.1. The van der Waals surface area contributed by atoms with Crippen molar-refractivity contribution in [1.82, 2.24) is 4.31 Å². The highest BCUT2D eigenvalue weighted by molar-refractivity contribution is 7.89. The zero-order valence-electron chi connectivity index (χ0n) is 17.8. The number of hydrogen-bond acceptors (Lipinski definition) is 4. The van der Waals surface area contributed by atoms with Gasteiger partial charge in [0.1, 0.15) is 5.76 Å². The molecule has 158 valence electrons. The van der Waals surface area contributed by atoms with Crippen molar-refractivity contribution < 1.29 is 17.6 Å². The zero-order valence-corrected chi connectivity index (χ0v) is 18.7. The third-order valence-corrected chi connectivity index (χ3v) is 7.05. The molecule has 1 amide bonds. The number of sulfonamides is 1. The SMILES string of the molecule is Cc1ccc(N(Cc2ccco2)C(=O)c2cc(C)c(C)c(S(=O)(=O)N(C)C)c2)cc1. The first-order valence-electron chi connectivity index (χ1n) is 9.56. The Bertz CT molecular complexity index is 1150. The summed E-state index contributed by atoms with van der Waals surface area (Å²) in [5.41, 5.74) is 3.47. The van der Waals surface area contributed by atoms with Gasteiger partial charge < -0.3 is 9.32 Å². The van der Waals surface area contributed by atoms with Crippen molar-refractivity contribution >= 4 is 21.6 Å². The standard InChI is InChI=1S/C23H26N2O4S/c1-16-8-10-20(11-9-16)25(15-21-7-6-12-29-21)23(26)19-13-17(2)18(3)22(14-19)30(27,28)24(4)5/h6-14H,15H2,1-5H3. The highest BCUT2D eigenvalue weighted by atomic mass is 32.2. The molecule has 0 bridgehead atoms. The summed E-state index contributed by atoms with van der Waals surface area (Å²) in [5, 5.41) is 0. The van der Waals surface area contributed by atoms with E-state index in [-0.39, 0.29) is 17.3 Å². The minimum absolute atomic E-state index is 0.137. The minimum atomic E-state index is -3.69. The van der Waals surface area contributed by atoms with Crippen LogP contribution in [0, 0.1) is 20.8 Å². The average molecular weight is 427 g/mol. The molecule has 0 aliphatic carbocycles. The van der Waals surface area contributed by atoms with Crippen LogP contribution in [0.5, 0.6) is 0 Å². The summed E-state index contributed by atoms with van der Waals surface area (Å²) in [6.07, 6.45) is 1.56. The molecule has 0 aliphatic heterocycles. The smallest absolute Gasteiger partial charge is 0.258 e. The molecule has 0 fully saturated rings. The van der Waals surface area contributed by atoms with Gasteiger partial charge in [-0.3, -0.25) is 4.79 Å². The number of nitrogens with zero attached hydrogens (tertiary/aromatic N) is 2. The molecule has 0 aliphatic rings. The van der Waals surface area contributed by atoms with Gasteiger partial charge in [0.05, 0.1) is 17.7 Å². The van der Waals surface area contributed by atoms with Gasteiger partial charge in [-0.15, -0.1) is 0 Å². The number of anilines is 1. The quantitative estimate of drug-likeness (QED) is 0.589. The van der Waals surface area contributed by atoms with Gasteiger partial charge in [-0.05, 0) is 68.3 Å². The van der Waals surface area contributed by atoms with Crippen molar-refractivity contribution in [3.05, 3.63) is 82.8 Å². The lowest BCUT2D eigenvalue weighted by molar-refractivity contribution is 0.0983. The van der Waals surface area contributed by atoms with Crippen molar-refractivity contribution in [3.63, 3.8) is 0 Å². The first kappa shape index (κ1) is 21.8. The van der Waals surface area contributed by atoms with E-state index in [0.29, 0.717) is 22.6 Å². The largest absolute Gasteiger partial charge is 0.467 e. The third kappa shape index (κ3) is 4.32. The van der Waals surface area contributed by atoms with Crippen molar-refractivity contribution in [2.75, 3.05) is 19.0 Å². The second-order valence-corrected chi connectivity index (χ2v) is 9.63.